The molecule has 12 heavy (non-hydrogen) atoms. The summed E-state index contributed by atoms with van der Waals surface area (Å²) in [6, 6.07) is 0. The lowest BCUT2D eigenvalue weighted by molar-refractivity contribution is 0.192. The van der Waals surface area contributed by atoms with Gasteiger partial charge in [-0.3, -0.25) is 0 Å². The van der Waals surface area contributed by atoms with Gasteiger partial charge in [0.15, 0.2) is 0 Å². The van der Waals surface area contributed by atoms with Crippen molar-refractivity contribution in [1.82, 2.24) is 0 Å². The van der Waals surface area contributed by atoms with Gasteiger partial charge < -0.3 is 22.3 Å². The van der Waals surface area contributed by atoms with Crippen LogP contribution in [0, 0.1) is 5.41 Å². The second kappa shape index (κ2) is 4.01. The van der Waals surface area contributed by atoms with Crippen LogP contribution in [0.1, 0.15) is 13.8 Å². The van der Waals surface area contributed by atoms with Crippen LogP contribution in [0.15, 0.2) is 23.7 Å². The minimum atomic E-state index is -0.404. The molecular formula is C8H17N3O. The van der Waals surface area contributed by atoms with Crippen LogP contribution in [0.2, 0.25) is 0 Å². The molecule has 4 heteroatoms. The van der Waals surface area contributed by atoms with Crippen molar-refractivity contribution in [1.29, 1.82) is 0 Å². The maximum absolute atomic E-state index is 9.00. The van der Waals surface area contributed by atoms with Crippen molar-refractivity contribution in [2.45, 2.75) is 13.8 Å². The van der Waals surface area contributed by atoms with Crippen molar-refractivity contribution < 1.29 is 5.11 Å². The molecule has 0 aliphatic carbocycles. The Morgan fingerprint density at radius 1 is 1.42 bits per heavy atom. The Balaban J connectivity index is 4.71. The van der Waals surface area contributed by atoms with Gasteiger partial charge in [-0.1, -0.05) is 13.8 Å². The van der Waals surface area contributed by atoms with Crippen LogP contribution in [0.3, 0.4) is 0 Å². The molecule has 0 aromatic rings. The van der Waals surface area contributed by atoms with E-state index < -0.39 is 5.41 Å². The third-order valence-electron chi connectivity index (χ3n) is 1.68. The molecule has 0 saturated heterocycles. The monoisotopic (exact) mass is 171 g/mol. The summed E-state index contributed by atoms with van der Waals surface area (Å²) in [6.07, 6.45) is 2.95. The van der Waals surface area contributed by atoms with Gasteiger partial charge in [-0.25, -0.2) is 0 Å². The Bertz CT molecular complexity index is 202. The van der Waals surface area contributed by atoms with Crippen LogP contribution < -0.4 is 17.2 Å². The molecule has 0 heterocycles. The van der Waals surface area contributed by atoms with Gasteiger partial charge in [-0.15, -0.1) is 0 Å². The summed E-state index contributed by atoms with van der Waals surface area (Å²) in [7, 11) is 0. The van der Waals surface area contributed by atoms with Crippen molar-refractivity contribution in [3.8, 4) is 0 Å². The molecule has 0 aromatic carbocycles. The summed E-state index contributed by atoms with van der Waals surface area (Å²) in [5.41, 5.74) is 16.2. The molecule has 4 nitrogen and oxygen atoms in total. The predicted octanol–water partition coefficient (Wildman–Crippen LogP) is -0.394. The zero-order valence-electron chi connectivity index (χ0n) is 7.54. The first-order valence-electron chi connectivity index (χ1n) is 3.70. The molecule has 0 rings (SSSR count). The summed E-state index contributed by atoms with van der Waals surface area (Å²) in [5.74, 6) is 0.188. The van der Waals surface area contributed by atoms with Crippen LogP contribution in [-0.2, 0) is 0 Å². The van der Waals surface area contributed by atoms with Crippen LogP contribution in [0.25, 0.3) is 0 Å². The number of aliphatic hydroxyl groups is 1. The second-order valence-electron chi connectivity index (χ2n) is 3.31. The van der Waals surface area contributed by atoms with Crippen molar-refractivity contribution in [2.75, 3.05) is 6.61 Å². The van der Waals surface area contributed by atoms with Gasteiger partial charge in [-0.05, 0) is 17.8 Å². The first-order chi connectivity index (χ1) is 5.44. The standard InChI is InChI=1S/C8H17N3O/c1-8(2,5-12)6(4-9)3-7(10)11/h3-4,12H,5,9-11H2,1-2H3. The van der Waals surface area contributed by atoms with Gasteiger partial charge in [0.1, 0.15) is 0 Å². The Hall–Kier alpha value is -1.16. The minimum Gasteiger partial charge on any atom is -0.404 e. The molecule has 0 radical (unpaired) electrons. The summed E-state index contributed by atoms with van der Waals surface area (Å²) in [6.45, 7) is 3.70. The van der Waals surface area contributed by atoms with E-state index in [9.17, 15) is 0 Å². The van der Waals surface area contributed by atoms with Crippen LogP contribution in [0.4, 0.5) is 0 Å². The van der Waals surface area contributed by atoms with Crippen LogP contribution in [0.5, 0.6) is 0 Å². The molecule has 0 bridgehead atoms. The highest BCUT2D eigenvalue weighted by Gasteiger charge is 2.20. The van der Waals surface area contributed by atoms with Crippen LogP contribution >= 0.6 is 0 Å². The lowest BCUT2D eigenvalue weighted by atomic mass is 9.85. The van der Waals surface area contributed by atoms with Gasteiger partial charge in [-0.2, -0.15) is 0 Å². The van der Waals surface area contributed by atoms with E-state index in [4.69, 9.17) is 22.3 Å². The first-order valence-corrected chi connectivity index (χ1v) is 3.70. The van der Waals surface area contributed by atoms with Gasteiger partial charge >= 0.3 is 0 Å². The summed E-state index contributed by atoms with van der Waals surface area (Å²) in [4.78, 5) is 0. The lowest BCUT2D eigenvalue weighted by Crippen LogP contribution is -2.21. The minimum absolute atomic E-state index is 0.000185. The molecule has 0 spiro atoms. The fraction of sp³-hybridized carbons (Fsp3) is 0.500. The number of rotatable bonds is 3. The Morgan fingerprint density at radius 3 is 2.17 bits per heavy atom. The molecule has 0 unspecified atom stereocenters. The molecule has 0 amide bonds. The average molecular weight is 171 g/mol. The van der Waals surface area contributed by atoms with E-state index in [1.807, 2.05) is 13.8 Å². The molecule has 0 fully saturated rings. The number of aliphatic hydroxyl groups excluding tert-OH is 1. The number of hydrogen-bond donors (Lipinski definition) is 4. The second-order valence-corrected chi connectivity index (χ2v) is 3.31. The normalized spacial score (nSPS) is 12.8. The van der Waals surface area contributed by atoms with E-state index in [1.54, 1.807) is 6.08 Å². The largest absolute Gasteiger partial charge is 0.404 e. The fourth-order valence-electron chi connectivity index (χ4n) is 0.740. The summed E-state index contributed by atoms with van der Waals surface area (Å²) < 4.78 is 0. The Labute approximate surface area is 72.7 Å². The quantitative estimate of drug-likeness (QED) is 0.434. The molecular weight excluding hydrogens is 154 g/mol. The lowest BCUT2D eigenvalue weighted by Gasteiger charge is -2.22. The third-order valence-corrected chi connectivity index (χ3v) is 1.68. The topological polar surface area (TPSA) is 98.3 Å². The molecule has 70 valence electrons. The molecule has 0 aromatic heterocycles. The molecule has 0 aliphatic rings. The van der Waals surface area contributed by atoms with Crippen molar-refractivity contribution in [2.24, 2.45) is 22.6 Å². The highest BCUT2D eigenvalue weighted by Crippen LogP contribution is 2.25. The first kappa shape index (κ1) is 10.8. The summed E-state index contributed by atoms with van der Waals surface area (Å²) in [5, 5.41) is 9.00. The molecule has 7 N–H and O–H groups in total. The number of hydrogen-bond acceptors (Lipinski definition) is 4. The Morgan fingerprint density at radius 2 is 1.92 bits per heavy atom. The van der Waals surface area contributed by atoms with E-state index in [1.165, 1.54) is 6.20 Å². The highest BCUT2D eigenvalue weighted by atomic mass is 16.3. The molecule has 0 saturated carbocycles. The third kappa shape index (κ3) is 2.84. The Kier molecular flexibility index (Phi) is 3.63. The zero-order chi connectivity index (χ0) is 9.78. The van der Waals surface area contributed by atoms with E-state index in [0.717, 1.165) is 5.57 Å². The van der Waals surface area contributed by atoms with Crippen LogP contribution in [-0.4, -0.2) is 11.7 Å². The van der Waals surface area contributed by atoms with Gasteiger partial charge in [0.05, 0.1) is 12.4 Å². The van der Waals surface area contributed by atoms with Gasteiger partial charge in [0.2, 0.25) is 0 Å². The smallest absolute Gasteiger partial charge is 0.0937 e. The highest BCUT2D eigenvalue weighted by molar-refractivity contribution is 5.26. The van der Waals surface area contributed by atoms with Gasteiger partial charge in [0, 0.05) is 5.41 Å². The fourth-order valence-corrected chi connectivity index (χ4v) is 0.740. The van der Waals surface area contributed by atoms with E-state index in [2.05, 4.69) is 0 Å². The zero-order valence-corrected chi connectivity index (χ0v) is 7.54. The van der Waals surface area contributed by atoms with E-state index in [0.29, 0.717) is 0 Å². The van der Waals surface area contributed by atoms with Crippen molar-refractivity contribution in [3.05, 3.63) is 23.7 Å². The number of nitrogens with two attached hydrogens (primary N) is 3. The van der Waals surface area contributed by atoms with Crippen molar-refractivity contribution >= 4 is 0 Å². The maximum Gasteiger partial charge on any atom is 0.0937 e. The number of allylic oxidation sites excluding steroid dienone is 1. The van der Waals surface area contributed by atoms with Gasteiger partial charge in [0.25, 0.3) is 0 Å². The average Bonchev–Trinajstić information content (AvgIpc) is 1.99. The maximum atomic E-state index is 9.00. The van der Waals surface area contributed by atoms with E-state index >= 15 is 0 Å². The predicted molar refractivity (Wildman–Crippen MR) is 49.6 cm³/mol. The van der Waals surface area contributed by atoms with E-state index in [-0.39, 0.29) is 12.4 Å². The van der Waals surface area contributed by atoms with Crippen molar-refractivity contribution in [3.63, 3.8) is 0 Å². The molecule has 0 aliphatic heterocycles. The molecule has 0 atom stereocenters. The SMILES string of the molecule is CC(C)(CO)C(C=C(N)N)=CN. The summed E-state index contributed by atoms with van der Waals surface area (Å²) >= 11 is 0.